The number of carbonyl (C=O) groups is 3. The second-order valence-electron chi connectivity index (χ2n) is 10.7. The standard InChI is InChI=1S/C34H25ClN2O3/c1-20-11-12-21-15-18-28-34(25-9-5-6-10-26(25)36-33(34)40)29(31(38)23-13-16-24(35)17-14-23)30(37(28)27(21)19-20)32(39)22-7-3-2-4-8-22/h2-19,28-30H,1H3,(H,36,40)/t28-,29+,30+,34-/m1/s1. The smallest absolute Gasteiger partial charge is 0.238 e. The van der Waals surface area contributed by atoms with Crippen LogP contribution in [0.5, 0.6) is 0 Å². The van der Waals surface area contributed by atoms with E-state index in [1.54, 1.807) is 36.4 Å². The lowest BCUT2D eigenvalue weighted by Crippen LogP contribution is -2.51. The highest BCUT2D eigenvalue weighted by Crippen LogP contribution is 2.58. The second-order valence-corrected chi connectivity index (χ2v) is 11.1. The Hall–Kier alpha value is -4.48. The highest BCUT2D eigenvalue weighted by molar-refractivity contribution is 6.30. The number of hydrogen-bond acceptors (Lipinski definition) is 4. The van der Waals surface area contributed by atoms with Gasteiger partial charge in [0.1, 0.15) is 11.5 Å². The number of benzene rings is 4. The van der Waals surface area contributed by atoms with Crippen molar-refractivity contribution in [1.82, 2.24) is 0 Å². The lowest BCUT2D eigenvalue weighted by molar-refractivity contribution is -0.121. The monoisotopic (exact) mass is 544 g/mol. The van der Waals surface area contributed by atoms with Gasteiger partial charge in [0.05, 0.1) is 12.0 Å². The number of hydrogen-bond donors (Lipinski definition) is 1. The molecule has 5 nitrogen and oxygen atoms in total. The zero-order valence-corrected chi connectivity index (χ0v) is 22.4. The Morgan fingerprint density at radius 2 is 1.55 bits per heavy atom. The molecule has 4 aromatic rings. The van der Waals surface area contributed by atoms with E-state index in [1.165, 1.54) is 0 Å². The van der Waals surface area contributed by atoms with Gasteiger partial charge < -0.3 is 10.2 Å². The maximum atomic E-state index is 14.7. The first kappa shape index (κ1) is 24.6. The molecule has 0 saturated carbocycles. The molecule has 0 aliphatic carbocycles. The van der Waals surface area contributed by atoms with Crippen molar-refractivity contribution in [3.63, 3.8) is 0 Å². The van der Waals surface area contributed by atoms with E-state index in [0.29, 0.717) is 21.8 Å². The minimum absolute atomic E-state index is 0.199. The van der Waals surface area contributed by atoms with Crippen LogP contribution in [0.25, 0.3) is 6.08 Å². The number of rotatable bonds is 4. The number of anilines is 2. The van der Waals surface area contributed by atoms with Crippen molar-refractivity contribution in [3.8, 4) is 0 Å². The molecule has 40 heavy (non-hydrogen) atoms. The summed E-state index contributed by atoms with van der Waals surface area (Å²) in [5.74, 6) is -1.75. The molecule has 1 N–H and O–H groups in total. The molecule has 3 heterocycles. The van der Waals surface area contributed by atoms with Gasteiger partial charge in [0, 0.05) is 27.5 Å². The number of aryl methyl sites for hydroxylation is 1. The highest BCUT2D eigenvalue weighted by Gasteiger charge is 2.70. The zero-order chi connectivity index (χ0) is 27.6. The number of fused-ring (bicyclic) bond motifs is 6. The number of amides is 1. The molecule has 1 fully saturated rings. The summed E-state index contributed by atoms with van der Waals surface area (Å²) in [6, 6.07) is 27.8. The normalized spacial score (nSPS) is 23.9. The van der Waals surface area contributed by atoms with Crippen LogP contribution in [0.3, 0.4) is 0 Å². The summed E-state index contributed by atoms with van der Waals surface area (Å²) >= 11 is 6.17. The average molecular weight is 545 g/mol. The molecule has 1 saturated heterocycles. The van der Waals surface area contributed by atoms with E-state index in [-0.39, 0.29) is 17.5 Å². The van der Waals surface area contributed by atoms with E-state index in [4.69, 9.17) is 11.6 Å². The van der Waals surface area contributed by atoms with Crippen LogP contribution in [-0.2, 0) is 10.2 Å². The van der Waals surface area contributed by atoms with E-state index in [1.807, 2.05) is 84.6 Å². The Labute approximate surface area is 237 Å². The number of Topliss-reactive ketones (excluding diaryl/α,β-unsaturated/α-hetero) is 2. The fourth-order valence-electron chi connectivity index (χ4n) is 6.84. The molecule has 4 aromatic carbocycles. The number of para-hydroxylation sites is 1. The highest BCUT2D eigenvalue weighted by atomic mass is 35.5. The van der Waals surface area contributed by atoms with Gasteiger partial charge in [-0.2, -0.15) is 0 Å². The Balaban J connectivity index is 1.55. The molecule has 196 valence electrons. The molecule has 7 rings (SSSR count). The number of ketones is 2. The van der Waals surface area contributed by atoms with Crippen LogP contribution in [0.4, 0.5) is 11.4 Å². The van der Waals surface area contributed by atoms with Crippen molar-refractivity contribution in [3.05, 3.63) is 136 Å². The van der Waals surface area contributed by atoms with Gasteiger partial charge >= 0.3 is 0 Å². The fraction of sp³-hybridized carbons (Fsp3) is 0.147. The maximum absolute atomic E-state index is 14.7. The van der Waals surface area contributed by atoms with Crippen LogP contribution in [0, 0.1) is 12.8 Å². The molecule has 1 amide bonds. The van der Waals surface area contributed by atoms with Crippen LogP contribution in [-0.4, -0.2) is 29.6 Å². The number of nitrogens with zero attached hydrogens (tertiary/aromatic N) is 1. The Morgan fingerprint density at radius 1 is 0.850 bits per heavy atom. The molecule has 3 aliphatic heterocycles. The van der Waals surface area contributed by atoms with Gasteiger partial charge in [-0.1, -0.05) is 84.4 Å². The SMILES string of the molecule is Cc1ccc2c(c1)N1[C@H](C(=O)c3ccccc3)[C@@H](C(=O)c3ccc(Cl)cc3)[C@]3(C(=O)Nc4ccccc43)[C@H]1C=C2. The van der Waals surface area contributed by atoms with Crippen molar-refractivity contribution in [2.24, 2.45) is 5.92 Å². The van der Waals surface area contributed by atoms with Crippen LogP contribution in [0.15, 0.2) is 103 Å². The number of nitrogens with one attached hydrogen (secondary N) is 1. The molecule has 3 aliphatic rings. The van der Waals surface area contributed by atoms with Gasteiger partial charge in [-0.25, -0.2) is 0 Å². The molecule has 0 aromatic heterocycles. The molecular weight excluding hydrogens is 520 g/mol. The first-order valence-corrected chi connectivity index (χ1v) is 13.7. The lowest BCUT2D eigenvalue weighted by atomic mass is 9.64. The lowest BCUT2D eigenvalue weighted by Gasteiger charge is -2.37. The van der Waals surface area contributed by atoms with Crippen molar-refractivity contribution in [2.45, 2.75) is 24.4 Å². The van der Waals surface area contributed by atoms with E-state index >= 15 is 0 Å². The zero-order valence-electron chi connectivity index (χ0n) is 21.7. The van der Waals surface area contributed by atoms with Crippen molar-refractivity contribution in [2.75, 3.05) is 10.2 Å². The van der Waals surface area contributed by atoms with Crippen molar-refractivity contribution in [1.29, 1.82) is 0 Å². The van der Waals surface area contributed by atoms with Gasteiger partial charge in [0.15, 0.2) is 11.6 Å². The van der Waals surface area contributed by atoms with Gasteiger partial charge in [0.2, 0.25) is 5.91 Å². The summed E-state index contributed by atoms with van der Waals surface area (Å²) in [6.07, 6.45) is 3.99. The van der Waals surface area contributed by atoms with E-state index in [0.717, 1.165) is 22.4 Å². The topological polar surface area (TPSA) is 66.5 Å². The quantitative estimate of drug-likeness (QED) is 0.298. The minimum atomic E-state index is -1.33. The van der Waals surface area contributed by atoms with E-state index in [2.05, 4.69) is 5.32 Å². The third-order valence-electron chi connectivity index (χ3n) is 8.53. The third-order valence-corrected chi connectivity index (χ3v) is 8.78. The predicted molar refractivity (Wildman–Crippen MR) is 157 cm³/mol. The second kappa shape index (κ2) is 9.04. The molecular formula is C34H25ClN2O3. The van der Waals surface area contributed by atoms with Gasteiger partial charge in [-0.3, -0.25) is 14.4 Å². The van der Waals surface area contributed by atoms with Crippen LogP contribution < -0.4 is 10.2 Å². The van der Waals surface area contributed by atoms with E-state index in [9.17, 15) is 14.4 Å². The van der Waals surface area contributed by atoms with Gasteiger partial charge in [-0.05, 0) is 60.0 Å². The largest absolute Gasteiger partial charge is 0.352 e. The number of halogens is 1. The molecule has 4 atom stereocenters. The maximum Gasteiger partial charge on any atom is 0.238 e. The summed E-state index contributed by atoms with van der Waals surface area (Å²) < 4.78 is 0. The van der Waals surface area contributed by atoms with Crippen LogP contribution in [0.2, 0.25) is 5.02 Å². The molecule has 0 unspecified atom stereocenters. The van der Waals surface area contributed by atoms with Crippen molar-refractivity contribution >= 4 is 46.5 Å². The minimum Gasteiger partial charge on any atom is -0.352 e. The molecule has 0 radical (unpaired) electrons. The number of carbonyl (C=O) groups excluding carboxylic acids is 3. The van der Waals surface area contributed by atoms with Gasteiger partial charge in [0.25, 0.3) is 0 Å². The average Bonchev–Trinajstić information content (AvgIpc) is 3.45. The van der Waals surface area contributed by atoms with E-state index < -0.39 is 23.4 Å². The summed E-state index contributed by atoms with van der Waals surface area (Å²) in [6.45, 7) is 2.00. The summed E-state index contributed by atoms with van der Waals surface area (Å²) in [5, 5.41) is 3.56. The third kappa shape index (κ3) is 3.37. The fourth-order valence-corrected chi connectivity index (χ4v) is 6.97. The van der Waals surface area contributed by atoms with Gasteiger partial charge in [-0.15, -0.1) is 0 Å². The van der Waals surface area contributed by atoms with Crippen LogP contribution >= 0.6 is 11.6 Å². The Kier molecular flexibility index (Phi) is 5.55. The van der Waals surface area contributed by atoms with Crippen LogP contribution in [0.1, 0.15) is 37.4 Å². The summed E-state index contributed by atoms with van der Waals surface area (Å²) in [5.41, 5.74) is 3.76. The molecule has 1 spiro atoms. The summed E-state index contributed by atoms with van der Waals surface area (Å²) in [4.78, 5) is 45.7. The predicted octanol–water partition coefficient (Wildman–Crippen LogP) is 6.50. The molecule has 6 heteroatoms. The Bertz CT molecular complexity index is 1730. The first-order chi connectivity index (χ1) is 19.4. The summed E-state index contributed by atoms with van der Waals surface area (Å²) in [7, 11) is 0. The van der Waals surface area contributed by atoms with Crippen molar-refractivity contribution < 1.29 is 14.4 Å². The molecule has 0 bridgehead atoms. The first-order valence-electron chi connectivity index (χ1n) is 13.3. The Morgan fingerprint density at radius 3 is 2.33 bits per heavy atom.